The molecule has 0 N–H and O–H groups in total. The van der Waals surface area contributed by atoms with E-state index in [1.165, 1.54) is 11.1 Å². The molecular weight excluding hydrogens is 214 g/mol. The molecule has 6 nitrogen and oxygen atoms in total. The number of hydrogen-bond donors (Lipinski definition) is 0. The van der Waals surface area contributed by atoms with Gasteiger partial charge in [-0.25, -0.2) is 0 Å². The summed E-state index contributed by atoms with van der Waals surface area (Å²) >= 11 is 3.20. The highest BCUT2D eigenvalue weighted by Crippen LogP contribution is 2.21. The largest absolute Gasteiger partial charge is 0.366 e. The molecule has 0 aromatic carbocycles. The molecule has 0 saturated carbocycles. The van der Waals surface area contributed by atoms with E-state index >= 15 is 0 Å². The van der Waals surface area contributed by atoms with Gasteiger partial charge in [-0.1, -0.05) is 5.16 Å². The third kappa shape index (κ3) is 1.23. The van der Waals surface area contributed by atoms with Crippen molar-refractivity contribution in [3.05, 3.63) is 6.33 Å². The molecule has 1 aliphatic rings. The summed E-state index contributed by atoms with van der Waals surface area (Å²) < 4.78 is 0.764. The van der Waals surface area contributed by atoms with Crippen molar-refractivity contribution in [2.45, 2.75) is 12.6 Å². The Morgan fingerprint density at radius 2 is 2.64 bits per heavy atom. The van der Waals surface area contributed by atoms with E-state index in [2.05, 4.69) is 36.5 Å². The maximum absolute atomic E-state index is 4.95. The minimum absolute atomic E-state index is 0.244. The Kier molecular flexibility index (Phi) is 1.57. The highest BCUT2D eigenvalue weighted by Gasteiger charge is 2.22. The van der Waals surface area contributed by atoms with Crippen LogP contribution in [0.15, 0.2) is 11.5 Å². The Morgan fingerprint density at radius 3 is 3.18 bits per heavy atom. The van der Waals surface area contributed by atoms with Crippen molar-refractivity contribution < 1.29 is 4.84 Å². The molecule has 0 spiro atoms. The fraction of sp³-hybridized carbons (Fsp3) is 0.500. The predicted octanol–water partition coefficient (Wildman–Crippen LogP) is 0.300. The van der Waals surface area contributed by atoms with Crippen molar-refractivity contribution in [1.29, 1.82) is 0 Å². The number of tetrazole rings is 1. The molecule has 1 aliphatic heterocycles. The summed E-state index contributed by atoms with van der Waals surface area (Å²) in [5.74, 6) is 0. The summed E-state index contributed by atoms with van der Waals surface area (Å²) in [5, 5.41) is 14.7. The van der Waals surface area contributed by atoms with Crippen LogP contribution in [0.1, 0.15) is 12.6 Å². The number of nitrogens with zero attached hydrogens (tertiary/aromatic N) is 5. The fourth-order valence-electron chi connectivity index (χ4n) is 0.768. The van der Waals surface area contributed by atoms with Gasteiger partial charge in [0.05, 0.1) is 6.42 Å². The van der Waals surface area contributed by atoms with Gasteiger partial charge >= 0.3 is 0 Å². The van der Waals surface area contributed by atoms with Gasteiger partial charge in [-0.05, 0) is 21.1 Å². The van der Waals surface area contributed by atoms with E-state index in [-0.39, 0.29) is 6.23 Å². The number of halogens is 1. The molecule has 0 fully saturated rings. The van der Waals surface area contributed by atoms with Crippen molar-refractivity contribution in [2.75, 3.05) is 0 Å². The van der Waals surface area contributed by atoms with Gasteiger partial charge in [-0.3, -0.25) is 0 Å². The summed E-state index contributed by atoms with van der Waals surface area (Å²) in [6, 6.07) is 0. The van der Waals surface area contributed by atoms with Crippen LogP contribution in [0.4, 0.5) is 0 Å². The van der Waals surface area contributed by atoms with Crippen LogP contribution in [-0.4, -0.2) is 24.8 Å². The molecular formula is C4H4BrN5O. The first-order chi connectivity index (χ1) is 5.36. The normalized spacial score (nSPS) is 23.0. The maximum Gasteiger partial charge on any atom is 0.244 e. The Bertz CT molecular complexity index is 270. The molecule has 2 rings (SSSR count). The SMILES string of the molecule is BrC1=NOC(n2ncnn2)C1. The van der Waals surface area contributed by atoms with Crippen LogP contribution in [0.3, 0.4) is 0 Å². The van der Waals surface area contributed by atoms with E-state index in [1.54, 1.807) is 0 Å². The second-order valence-electron chi connectivity index (χ2n) is 1.99. The van der Waals surface area contributed by atoms with E-state index in [1.807, 2.05) is 0 Å². The van der Waals surface area contributed by atoms with Crippen molar-refractivity contribution in [3.8, 4) is 0 Å². The van der Waals surface area contributed by atoms with Crippen LogP contribution in [0.5, 0.6) is 0 Å². The summed E-state index contributed by atoms with van der Waals surface area (Å²) in [6.45, 7) is 0. The van der Waals surface area contributed by atoms with E-state index in [4.69, 9.17) is 4.84 Å². The van der Waals surface area contributed by atoms with E-state index < -0.39 is 0 Å². The first-order valence-electron chi connectivity index (χ1n) is 2.97. The van der Waals surface area contributed by atoms with Crippen molar-refractivity contribution in [1.82, 2.24) is 20.2 Å². The molecule has 0 amide bonds. The molecule has 58 valence electrons. The van der Waals surface area contributed by atoms with Crippen molar-refractivity contribution in [3.63, 3.8) is 0 Å². The molecule has 1 atom stereocenters. The smallest absolute Gasteiger partial charge is 0.244 e. The van der Waals surface area contributed by atoms with Crippen LogP contribution in [0.2, 0.25) is 0 Å². The molecule has 0 saturated heterocycles. The Morgan fingerprint density at radius 1 is 1.73 bits per heavy atom. The minimum Gasteiger partial charge on any atom is -0.366 e. The second kappa shape index (κ2) is 2.57. The lowest BCUT2D eigenvalue weighted by atomic mass is 10.4. The molecule has 1 unspecified atom stereocenters. The molecule has 0 aliphatic carbocycles. The Balaban J connectivity index is 2.11. The van der Waals surface area contributed by atoms with Crippen LogP contribution < -0.4 is 0 Å². The van der Waals surface area contributed by atoms with Gasteiger partial charge in [0.25, 0.3) is 0 Å². The van der Waals surface area contributed by atoms with Crippen molar-refractivity contribution in [2.24, 2.45) is 5.16 Å². The van der Waals surface area contributed by atoms with Crippen molar-refractivity contribution >= 4 is 20.6 Å². The highest BCUT2D eigenvalue weighted by molar-refractivity contribution is 9.18. The van der Waals surface area contributed by atoms with Gasteiger partial charge in [0, 0.05) is 0 Å². The van der Waals surface area contributed by atoms with E-state index in [0.717, 1.165) is 4.62 Å². The summed E-state index contributed by atoms with van der Waals surface area (Å²) in [5.41, 5.74) is 0. The lowest BCUT2D eigenvalue weighted by Gasteiger charge is -2.03. The Labute approximate surface area is 70.3 Å². The quantitative estimate of drug-likeness (QED) is 0.679. The molecule has 1 aromatic heterocycles. The molecule has 11 heavy (non-hydrogen) atoms. The third-order valence-electron chi connectivity index (χ3n) is 1.24. The molecule has 7 heteroatoms. The molecule has 0 radical (unpaired) electrons. The summed E-state index contributed by atoms with van der Waals surface area (Å²) in [6.07, 6.45) is 1.76. The first kappa shape index (κ1) is 6.71. The van der Waals surface area contributed by atoms with Crippen LogP contribution in [0, 0.1) is 0 Å². The lowest BCUT2D eigenvalue weighted by Crippen LogP contribution is -2.11. The lowest BCUT2D eigenvalue weighted by molar-refractivity contribution is 0.0113. The number of rotatable bonds is 1. The fourth-order valence-corrected chi connectivity index (χ4v) is 1.13. The van der Waals surface area contributed by atoms with E-state index in [0.29, 0.717) is 6.42 Å². The van der Waals surface area contributed by atoms with Crippen LogP contribution in [0.25, 0.3) is 0 Å². The van der Waals surface area contributed by atoms with Gasteiger partial charge in [-0.15, -0.1) is 15.0 Å². The van der Waals surface area contributed by atoms with Gasteiger partial charge in [-0.2, -0.15) is 0 Å². The van der Waals surface area contributed by atoms with Gasteiger partial charge < -0.3 is 4.84 Å². The molecule has 1 aromatic rings. The zero-order chi connectivity index (χ0) is 7.68. The average Bonchev–Trinajstić information content (AvgIpc) is 2.55. The second-order valence-corrected chi connectivity index (χ2v) is 2.90. The zero-order valence-electron chi connectivity index (χ0n) is 5.38. The zero-order valence-corrected chi connectivity index (χ0v) is 6.97. The van der Waals surface area contributed by atoms with Gasteiger partial charge in [0.15, 0.2) is 6.33 Å². The average molecular weight is 218 g/mol. The Hall–Kier alpha value is -0.980. The number of oxime groups is 1. The molecule has 0 bridgehead atoms. The predicted molar refractivity (Wildman–Crippen MR) is 38.9 cm³/mol. The monoisotopic (exact) mass is 217 g/mol. The van der Waals surface area contributed by atoms with Crippen LogP contribution >= 0.6 is 15.9 Å². The maximum atomic E-state index is 4.95. The van der Waals surface area contributed by atoms with E-state index in [9.17, 15) is 0 Å². The first-order valence-corrected chi connectivity index (χ1v) is 3.76. The van der Waals surface area contributed by atoms with Crippen LogP contribution in [-0.2, 0) is 4.84 Å². The standard InChI is InChI=1S/C4H4BrN5O/c5-3-1-4(11-8-3)10-7-2-6-9-10/h2,4H,1H2. The number of aromatic nitrogens is 4. The van der Waals surface area contributed by atoms with Gasteiger partial charge in [0.1, 0.15) is 4.62 Å². The summed E-state index contributed by atoms with van der Waals surface area (Å²) in [4.78, 5) is 6.32. The van der Waals surface area contributed by atoms with Gasteiger partial charge in [0.2, 0.25) is 6.23 Å². The number of hydrogen-bond acceptors (Lipinski definition) is 5. The summed E-state index contributed by atoms with van der Waals surface area (Å²) in [7, 11) is 0. The molecule has 2 heterocycles. The topological polar surface area (TPSA) is 65.2 Å². The highest BCUT2D eigenvalue weighted by atomic mass is 79.9. The minimum atomic E-state index is -0.244. The third-order valence-corrected chi connectivity index (χ3v) is 1.71.